The van der Waals surface area contributed by atoms with Gasteiger partial charge in [0, 0.05) is 23.8 Å². The maximum atomic E-state index is 12.9. The second-order valence-electron chi connectivity index (χ2n) is 8.79. The molecule has 1 aliphatic heterocycles. The molecular weight excluding hydrogens is 442 g/mol. The number of anilines is 2. The number of hydrogen-bond acceptors (Lipinski definition) is 6. The van der Waals surface area contributed by atoms with Gasteiger partial charge in [-0.25, -0.2) is 0 Å². The molecule has 8 nitrogen and oxygen atoms in total. The first-order valence-electron chi connectivity index (χ1n) is 11.5. The molecule has 35 heavy (non-hydrogen) atoms. The zero-order valence-corrected chi connectivity index (χ0v) is 19.6. The molecule has 8 heteroatoms. The van der Waals surface area contributed by atoms with E-state index in [0.29, 0.717) is 24.4 Å². The Labute approximate surface area is 203 Å². The molecule has 5 rings (SSSR count). The smallest absolute Gasteiger partial charge is 0.253 e. The summed E-state index contributed by atoms with van der Waals surface area (Å²) >= 11 is 0. The summed E-state index contributed by atoms with van der Waals surface area (Å²) in [6.07, 6.45) is 5.46. The van der Waals surface area contributed by atoms with Crippen LogP contribution < -0.4 is 10.6 Å². The third kappa shape index (κ3) is 5.40. The van der Waals surface area contributed by atoms with Crippen LogP contribution in [-0.2, 0) is 9.47 Å². The zero-order chi connectivity index (χ0) is 24.3. The molecule has 3 N–H and O–H groups in total. The number of nitrogens with zero attached hydrogens (tertiary/aromatic N) is 2. The Kier molecular flexibility index (Phi) is 6.31. The number of carbonyl (C=O) groups is 1. The summed E-state index contributed by atoms with van der Waals surface area (Å²) in [4.78, 5) is 17.2. The van der Waals surface area contributed by atoms with Gasteiger partial charge in [0.25, 0.3) is 5.91 Å². The van der Waals surface area contributed by atoms with Gasteiger partial charge in [-0.05, 0) is 68.5 Å². The lowest BCUT2D eigenvalue weighted by Crippen LogP contribution is -2.34. The molecule has 2 aromatic heterocycles. The van der Waals surface area contributed by atoms with Crippen LogP contribution in [0.15, 0.2) is 66.9 Å². The van der Waals surface area contributed by atoms with Crippen LogP contribution >= 0.6 is 0 Å². The molecule has 2 aromatic carbocycles. The maximum absolute atomic E-state index is 12.9. The van der Waals surface area contributed by atoms with Crippen molar-refractivity contribution in [2.24, 2.45) is 0 Å². The van der Waals surface area contributed by atoms with E-state index in [4.69, 9.17) is 9.47 Å². The van der Waals surface area contributed by atoms with Gasteiger partial charge in [-0.2, -0.15) is 5.10 Å². The lowest BCUT2D eigenvalue weighted by molar-refractivity contribution is -0.137. The van der Waals surface area contributed by atoms with Crippen molar-refractivity contribution in [2.45, 2.75) is 25.7 Å². The summed E-state index contributed by atoms with van der Waals surface area (Å²) in [6.45, 7) is 4.57. The number of H-pyrrole nitrogens is 1. The second kappa shape index (κ2) is 9.69. The van der Waals surface area contributed by atoms with Crippen molar-refractivity contribution in [1.29, 1.82) is 0 Å². The average molecular weight is 470 g/mol. The topological polar surface area (TPSA) is 101 Å². The van der Waals surface area contributed by atoms with E-state index < -0.39 is 5.79 Å². The molecule has 1 fully saturated rings. The molecule has 3 heterocycles. The first-order valence-corrected chi connectivity index (χ1v) is 11.5. The predicted octanol–water partition coefficient (Wildman–Crippen LogP) is 4.75. The minimum Gasteiger partial charge on any atom is -0.355 e. The van der Waals surface area contributed by atoms with Gasteiger partial charge in [0.15, 0.2) is 5.79 Å². The lowest BCUT2D eigenvalue weighted by atomic mass is 10.1. The molecule has 0 spiro atoms. The van der Waals surface area contributed by atoms with E-state index in [1.807, 2.05) is 80.6 Å². The Hall–Kier alpha value is -4.01. The number of carbonyl (C=O) groups excluding carboxylic acids is 1. The number of nitrogens with one attached hydrogen (secondary N) is 3. The van der Waals surface area contributed by atoms with Crippen LogP contribution in [-0.4, -0.2) is 46.1 Å². The van der Waals surface area contributed by atoms with Crippen molar-refractivity contribution in [3.8, 4) is 0 Å². The summed E-state index contributed by atoms with van der Waals surface area (Å²) in [5, 5.41) is 14.8. The molecule has 1 unspecified atom stereocenters. The van der Waals surface area contributed by atoms with Gasteiger partial charge in [0.2, 0.25) is 0 Å². The van der Waals surface area contributed by atoms with Crippen LogP contribution in [0.5, 0.6) is 0 Å². The number of rotatable bonds is 7. The van der Waals surface area contributed by atoms with Crippen molar-refractivity contribution in [3.05, 3.63) is 83.8 Å². The number of benzene rings is 2. The van der Waals surface area contributed by atoms with E-state index in [2.05, 4.69) is 25.8 Å². The Bertz CT molecular complexity index is 1360. The Morgan fingerprint density at radius 3 is 2.80 bits per heavy atom. The van der Waals surface area contributed by atoms with Crippen molar-refractivity contribution >= 4 is 40.3 Å². The maximum Gasteiger partial charge on any atom is 0.253 e. The van der Waals surface area contributed by atoms with Crippen molar-refractivity contribution in [3.63, 3.8) is 0 Å². The first-order chi connectivity index (χ1) is 17.0. The standard InChI is InChI=1S/C27H27N5O3/c1-27(2)34-17-20(35-27)16-29-26(33)22-8-3-4-9-23(22)30-19-10-12-21-24(31-32-25(21)15-19)13-11-18-7-5-6-14-28-18/h3-15,20,30H,16-17H2,1-2H3,(H,29,33)(H,31,32)/b13-11+. The number of aromatic nitrogens is 3. The molecule has 1 saturated heterocycles. The predicted molar refractivity (Wildman–Crippen MR) is 136 cm³/mol. The number of hydrogen-bond donors (Lipinski definition) is 3. The average Bonchev–Trinajstić information content (AvgIpc) is 3.44. The summed E-state index contributed by atoms with van der Waals surface area (Å²) in [6, 6.07) is 19.1. The fourth-order valence-electron chi connectivity index (χ4n) is 4.00. The Morgan fingerprint density at radius 1 is 1.14 bits per heavy atom. The quantitative estimate of drug-likeness (QED) is 0.361. The van der Waals surface area contributed by atoms with Gasteiger partial charge < -0.3 is 20.1 Å². The molecule has 178 valence electrons. The highest BCUT2D eigenvalue weighted by Crippen LogP contribution is 2.26. The van der Waals surface area contributed by atoms with Gasteiger partial charge in [-0.1, -0.05) is 18.2 Å². The summed E-state index contributed by atoms with van der Waals surface area (Å²) < 4.78 is 11.3. The monoisotopic (exact) mass is 469 g/mol. The van der Waals surface area contributed by atoms with Gasteiger partial charge in [-0.15, -0.1) is 0 Å². The van der Waals surface area contributed by atoms with Crippen LogP contribution in [0.2, 0.25) is 0 Å². The number of para-hydroxylation sites is 1. The van der Waals surface area contributed by atoms with Gasteiger partial charge >= 0.3 is 0 Å². The highest BCUT2D eigenvalue weighted by molar-refractivity contribution is 6.00. The minimum atomic E-state index is -0.617. The summed E-state index contributed by atoms with van der Waals surface area (Å²) in [5.74, 6) is -0.792. The van der Waals surface area contributed by atoms with Gasteiger partial charge in [0.05, 0.1) is 34.8 Å². The largest absolute Gasteiger partial charge is 0.355 e. The highest BCUT2D eigenvalue weighted by Gasteiger charge is 2.32. The van der Waals surface area contributed by atoms with E-state index in [-0.39, 0.29) is 12.0 Å². The number of pyridine rings is 1. The molecular formula is C27H27N5O3. The van der Waals surface area contributed by atoms with Crippen molar-refractivity contribution in [2.75, 3.05) is 18.5 Å². The Balaban J connectivity index is 1.29. The van der Waals surface area contributed by atoms with Gasteiger partial charge in [0.1, 0.15) is 6.10 Å². The molecule has 0 bridgehead atoms. The molecule has 0 radical (unpaired) electrons. The first kappa shape index (κ1) is 22.8. The lowest BCUT2D eigenvalue weighted by Gasteiger charge is -2.17. The number of amides is 1. The fourth-order valence-corrected chi connectivity index (χ4v) is 4.00. The van der Waals surface area contributed by atoms with Crippen LogP contribution in [0.3, 0.4) is 0 Å². The molecule has 1 aliphatic rings. The van der Waals surface area contributed by atoms with E-state index in [9.17, 15) is 4.79 Å². The summed E-state index contributed by atoms with van der Waals surface area (Å²) in [7, 11) is 0. The van der Waals surface area contributed by atoms with E-state index >= 15 is 0 Å². The molecule has 0 saturated carbocycles. The second-order valence-corrected chi connectivity index (χ2v) is 8.79. The normalized spacial score (nSPS) is 17.1. The van der Waals surface area contributed by atoms with Crippen LogP contribution in [0.4, 0.5) is 11.4 Å². The number of fused-ring (bicyclic) bond motifs is 1. The Morgan fingerprint density at radius 2 is 2.00 bits per heavy atom. The SMILES string of the molecule is CC1(C)OCC(CNC(=O)c2ccccc2Nc2ccc3c(/C=C/c4ccccn4)n[nH]c3c2)O1. The van der Waals surface area contributed by atoms with E-state index in [1.165, 1.54) is 0 Å². The van der Waals surface area contributed by atoms with Crippen molar-refractivity contribution in [1.82, 2.24) is 20.5 Å². The highest BCUT2D eigenvalue weighted by atomic mass is 16.7. The third-order valence-corrected chi connectivity index (χ3v) is 5.70. The minimum absolute atomic E-state index is 0.169. The van der Waals surface area contributed by atoms with E-state index in [1.54, 1.807) is 12.3 Å². The van der Waals surface area contributed by atoms with Gasteiger partial charge in [-0.3, -0.25) is 14.9 Å². The summed E-state index contributed by atoms with van der Waals surface area (Å²) in [5.41, 5.74) is 4.69. The number of aromatic amines is 1. The van der Waals surface area contributed by atoms with Crippen LogP contribution in [0, 0.1) is 0 Å². The van der Waals surface area contributed by atoms with Crippen molar-refractivity contribution < 1.29 is 14.3 Å². The number of ether oxygens (including phenoxy) is 2. The fraction of sp³-hybridized carbons (Fsp3) is 0.222. The third-order valence-electron chi connectivity index (χ3n) is 5.70. The van der Waals surface area contributed by atoms with Crippen LogP contribution in [0.1, 0.15) is 35.6 Å². The molecule has 1 amide bonds. The van der Waals surface area contributed by atoms with E-state index in [0.717, 1.165) is 28.0 Å². The molecule has 4 aromatic rings. The van der Waals surface area contributed by atoms with Crippen LogP contribution in [0.25, 0.3) is 23.1 Å². The molecule has 1 atom stereocenters. The zero-order valence-electron chi connectivity index (χ0n) is 19.6. The molecule has 0 aliphatic carbocycles.